The van der Waals surface area contributed by atoms with Crippen molar-refractivity contribution in [2.24, 2.45) is 5.92 Å². The van der Waals surface area contributed by atoms with Crippen molar-refractivity contribution in [3.63, 3.8) is 0 Å². The van der Waals surface area contributed by atoms with Crippen molar-refractivity contribution in [2.75, 3.05) is 0 Å². The van der Waals surface area contributed by atoms with Gasteiger partial charge in [0.05, 0.1) is 0 Å². The summed E-state index contributed by atoms with van der Waals surface area (Å²) >= 11 is 0. The molecule has 2 heteroatoms. The number of hydrogen-bond donors (Lipinski definition) is 0. The van der Waals surface area contributed by atoms with E-state index in [2.05, 4.69) is 154 Å². The van der Waals surface area contributed by atoms with Crippen LogP contribution in [0.2, 0.25) is 0 Å². The molecular weight excluding hydrogens is 693 g/mol. The van der Waals surface area contributed by atoms with Crippen LogP contribution in [0, 0.1) is 5.92 Å². The first-order valence-electron chi connectivity index (χ1n) is 21.9. The Hall–Kier alpha value is -5.34. The molecule has 8 aromatic rings. The average molecular weight is 749 g/mol. The summed E-state index contributed by atoms with van der Waals surface area (Å²) in [6, 6.07) is 48.9. The maximum absolute atomic E-state index is 6.92. The summed E-state index contributed by atoms with van der Waals surface area (Å²) in [7, 11) is 0. The van der Waals surface area contributed by atoms with Crippen LogP contribution in [-0.2, 0) is 0 Å². The van der Waals surface area contributed by atoms with E-state index in [1.165, 1.54) is 92.5 Å². The van der Waals surface area contributed by atoms with Gasteiger partial charge in [0, 0.05) is 33.0 Å². The van der Waals surface area contributed by atoms with Gasteiger partial charge in [-0.05, 0) is 107 Å². The fourth-order valence-corrected chi connectivity index (χ4v) is 9.87. The van der Waals surface area contributed by atoms with E-state index in [0.717, 1.165) is 72.8 Å². The summed E-state index contributed by atoms with van der Waals surface area (Å²) in [5.41, 5.74) is 11.5. The Morgan fingerprint density at radius 3 is 1.54 bits per heavy atom. The van der Waals surface area contributed by atoms with Crippen LogP contribution in [0.3, 0.4) is 0 Å². The van der Waals surface area contributed by atoms with Crippen molar-refractivity contribution in [3.8, 4) is 44.9 Å². The lowest BCUT2D eigenvalue weighted by Crippen LogP contribution is -2.13. The minimum Gasteiger partial charge on any atom is -0.455 e. The molecule has 9 rings (SSSR count). The number of fused-ring (bicyclic) bond motifs is 5. The lowest BCUT2D eigenvalue weighted by molar-refractivity contribution is 0.308. The zero-order valence-corrected chi connectivity index (χ0v) is 34.0. The number of unbranched alkanes of at least 4 members (excludes halogenated alkanes) is 3. The maximum Gasteiger partial charge on any atom is 0.143 e. The summed E-state index contributed by atoms with van der Waals surface area (Å²) in [4.78, 5) is 0. The molecule has 0 spiro atoms. The van der Waals surface area contributed by atoms with Crippen molar-refractivity contribution < 1.29 is 8.83 Å². The van der Waals surface area contributed by atoms with Gasteiger partial charge in [-0.2, -0.15) is 0 Å². The van der Waals surface area contributed by atoms with Gasteiger partial charge in [0.15, 0.2) is 0 Å². The van der Waals surface area contributed by atoms with Gasteiger partial charge in [-0.1, -0.05) is 168 Å². The predicted molar refractivity (Wildman–Crippen MR) is 242 cm³/mol. The first-order chi connectivity index (χ1) is 28.1. The summed E-state index contributed by atoms with van der Waals surface area (Å²) in [6.45, 7) is 6.97. The molecule has 1 unspecified atom stereocenters. The van der Waals surface area contributed by atoms with Gasteiger partial charge in [0.1, 0.15) is 22.7 Å². The van der Waals surface area contributed by atoms with E-state index in [1.54, 1.807) is 0 Å². The average Bonchev–Trinajstić information content (AvgIpc) is 3.86. The maximum atomic E-state index is 6.92. The summed E-state index contributed by atoms with van der Waals surface area (Å²) in [6.07, 6.45) is 14.4. The van der Waals surface area contributed by atoms with Gasteiger partial charge in [0.25, 0.3) is 0 Å². The van der Waals surface area contributed by atoms with Crippen LogP contribution in [0.15, 0.2) is 142 Å². The van der Waals surface area contributed by atoms with Crippen molar-refractivity contribution in [1.29, 1.82) is 0 Å². The standard InChI is InChI=1S/C55H56O2/c1-4-6-7-10-16-37(3)39-25-29-44(30-26-39)54-50(42-17-11-8-12-18-42)52-46-34-36-49-53(47(46)33-35-48(52)56-54)51(43-19-13-9-14-20-43)55(57-49)45-31-27-41(28-32-45)40-23-21-38(15-5-2)22-24-40/h8-9,11-14,17-20,25-38,40H,4-7,10,15-16,21-24H2,1-3H3. The minimum absolute atomic E-state index is 0.540. The largest absolute Gasteiger partial charge is 0.455 e. The van der Waals surface area contributed by atoms with Gasteiger partial charge in [-0.25, -0.2) is 0 Å². The summed E-state index contributed by atoms with van der Waals surface area (Å²) in [5.74, 6) is 3.95. The second-order valence-electron chi connectivity index (χ2n) is 16.8. The molecule has 2 aromatic heterocycles. The second-order valence-corrected chi connectivity index (χ2v) is 16.8. The van der Waals surface area contributed by atoms with Gasteiger partial charge in [-0.15, -0.1) is 0 Å². The van der Waals surface area contributed by atoms with Crippen molar-refractivity contribution in [2.45, 2.75) is 103 Å². The molecule has 0 N–H and O–H groups in total. The fourth-order valence-electron chi connectivity index (χ4n) is 9.87. The zero-order chi connectivity index (χ0) is 38.7. The Balaban J connectivity index is 1.16. The lowest BCUT2D eigenvalue weighted by atomic mass is 9.77. The third-order valence-corrected chi connectivity index (χ3v) is 13.0. The Labute approximate surface area is 338 Å². The fraction of sp³-hybridized carbons (Fsp3) is 0.309. The lowest BCUT2D eigenvalue weighted by Gasteiger charge is -2.28. The van der Waals surface area contributed by atoms with Crippen molar-refractivity contribution in [1.82, 2.24) is 0 Å². The molecule has 0 bridgehead atoms. The molecule has 0 saturated heterocycles. The molecule has 0 radical (unpaired) electrons. The predicted octanol–water partition coefficient (Wildman–Crippen LogP) is 17.1. The Morgan fingerprint density at radius 1 is 0.509 bits per heavy atom. The SMILES string of the molecule is CCCCCCC(C)c1ccc(-c2oc3ccc4c(ccc5oc(-c6ccc(C7CCC(CCC)CC7)cc6)c(-c6ccccc6)c54)c3c2-c2ccccc2)cc1. The third-order valence-electron chi connectivity index (χ3n) is 13.0. The Kier molecular flexibility index (Phi) is 10.9. The van der Waals surface area contributed by atoms with Crippen molar-refractivity contribution >= 4 is 32.7 Å². The van der Waals surface area contributed by atoms with Crippen LogP contribution < -0.4 is 0 Å². The monoisotopic (exact) mass is 748 g/mol. The number of hydrogen-bond acceptors (Lipinski definition) is 2. The minimum atomic E-state index is 0.540. The topological polar surface area (TPSA) is 26.3 Å². The van der Waals surface area contributed by atoms with Crippen LogP contribution in [0.1, 0.15) is 114 Å². The van der Waals surface area contributed by atoms with E-state index >= 15 is 0 Å². The number of furan rings is 2. The molecule has 1 fully saturated rings. The molecule has 1 saturated carbocycles. The van der Waals surface area contributed by atoms with Crippen LogP contribution >= 0.6 is 0 Å². The molecule has 0 amide bonds. The van der Waals surface area contributed by atoms with Gasteiger partial charge >= 0.3 is 0 Å². The normalized spacial score (nSPS) is 16.5. The molecule has 2 heterocycles. The van der Waals surface area contributed by atoms with E-state index in [0.29, 0.717) is 11.8 Å². The van der Waals surface area contributed by atoms with Gasteiger partial charge in [-0.3, -0.25) is 0 Å². The second kappa shape index (κ2) is 16.6. The number of rotatable bonds is 13. The molecular formula is C55H56O2. The van der Waals surface area contributed by atoms with Crippen LogP contribution in [-0.4, -0.2) is 0 Å². The smallest absolute Gasteiger partial charge is 0.143 e. The molecule has 0 aliphatic heterocycles. The molecule has 1 atom stereocenters. The van der Waals surface area contributed by atoms with Crippen LogP contribution in [0.5, 0.6) is 0 Å². The highest BCUT2D eigenvalue weighted by atomic mass is 16.3. The Bertz CT molecular complexity index is 2560. The van der Waals surface area contributed by atoms with E-state index < -0.39 is 0 Å². The molecule has 2 nitrogen and oxygen atoms in total. The quantitative estimate of drug-likeness (QED) is 0.110. The van der Waals surface area contributed by atoms with E-state index in [-0.39, 0.29) is 0 Å². The zero-order valence-electron chi connectivity index (χ0n) is 34.0. The van der Waals surface area contributed by atoms with E-state index in [1.807, 2.05) is 0 Å². The van der Waals surface area contributed by atoms with Crippen molar-refractivity contribution in [3.05, 3.63) is 145 Å². The molecule has 6 aromatic carbocycles. The summed E-state index contributed by atoms with van der Waals surface area (Å²) < 4.78 is 13.8. The highest BCUT2D eigenvalue weighted by Crippen LogP contribution is 2.49. The van der Waals surface area contributed by atoms with Gasteiger partial charge in [0.2, 0.25) is 0 Å². The van der Waals surface area contributed by atoms with E-state index in [9.17, 15) is 0 Å². The first kappa shape index (κ1) is 37.2. The number of benzene rings is 6. The molecule has 57 heavy (non-hydrogen) atoms. The summed E-state index contributed by atoms with van der Waals surface area (Å²) in [5, 5.41) is 4.63. The molecule has 1 aliphatic rings. The van der Waals surface area contributed by atoms with E-state index in [4.69, 9.17) is 8.83 Å². The first-order valence-corrected chi connectivity index (χ1v) is 21.9. The highest BCUT2D eigenvalue weighted by Gasteiger charge is 2.26. The molecule has 288 valence electrons. The Morgan fingerprint density at radius 2 is 1.04 bits per heavy atom. The van der Waals surface area contributed by atoms with Gasteiger partial charge < -0.3 is 8.83 Å². The molecule has 1 aliphatic carbocycles. The van der Waals surface area contributed by atoms with Crippen LogP contribution in [0.4, 0.5) is 0 Å². The highest BCUT2D eigenvalue weighted by molar-refractivity contribution is 6.24. The third kappa shape index (κ3) is 7.36. The van der Waals surface area contributed by atoms with Crippen LogP contribution in [0.25, 0.3) is 77.6 Å².